The molecule has 0 fully saturated rings. The molecular weight excluding hydrogens is 334 g/mol. The molecule has 2 rings (SSSR count). The Morgan fingerprint density at radius 3 is 2.04 bits per heavy atom. The first-order valence-corrected chi connectivity index (χ1v) is 6.87. The summed E-state index contributed by atoms with van der Waals surface area (Å²) in [4.78, 5) is 0. The summed E-state index contributed by atoms with van der Waals surface area (Å²) in [6.07, 6.45) is 0. The van der Waals surface area contributed by atoms with E-state index < -0.39 is 18.3 Å². The molecule has 23 heavy (non-hydrogen) atoms. The number of ether oxygens (including phenoxy) is 1. The summed E-state index contributed by atoms with van der Waals surface area (Å²) in [6.45, 7) is 0.598. The number of halogens is 4. The second-order valence-corrected chi connectivity index (χ2v) is 5.43. The number of aryl methyl sites for hydroxylation is 3. The maximum atomic E-state index is 13.6. The minimum Gasteiger partial charge on any atom is -0.486 e. The molecule has 0 N–H and O–H groups in total. The first-order chi connectivity index (χ1) is 10.2. The summed E-state index contributed by atoms with van der Waals surface area (Å²) >= 11 is 0. The molecule has 0 aromatic heterocycles. The molecule has 0 saturated heterocycles. The van der Waals surface area contributed by atoms with Crippen molar-refractivity contribution in [3.8, 4) is 5.75 Å². The third-order valence-electron chi connectivity index (χ3n) is 3.55. The van der Waals surface area contributed by atoms with Crippen LogP contribution in [0.2, 0.25) is 0 Å². The Morgan fingerprint density at radius 2 is 1.52 bits per heavy atom. The van der Waals surface area contributed by atoms with Gasteiger partial charge in [-0.25, -0.2) is 4.39 Å². The van der Waals surface area contributed by atoms with E-state index in [9.17, 15) is 17.3 Å². The monoisotopic (exact) mass is 350 g/mol. The van der Waals surface area contributed by atoms with Gasteiger partial charge in [0.15, 0.2) is 11.6 Å². The van der Waals surface area contributed by atoms with Crippen LogP contribution >= 0.6 is 0 Å². The second-order valence-electron chi connectivity index (χ2n) is 5.43. The normalized spacial score (nSPS) is 11.1. The average molecular weight is 350 g/mol. The molecule has 0 aliphatic heterocycles. The zero-order valence-corrected chi connectivity index (χ0v) is 16.7. The Hall–Kier alpha value is -0.339. The van der Waals surface area contributed by atoms with Crippen LogP contribution in [0.4, 0.5) is 17.3 Å². The van der Waals surface area contributed by atoms with E-state index in [1.807, 2.05) is 32.9 Å². The molecule has 7 heteroatoms. The van der Waals surface area contributed by atoms with E-state index in [0.29, 0.717) is 6.07 Å². The van der Waals surface area contributed by atoms with Gasteiger partial charge in [0.05, 0.1) is 0 Å². The van der Waals surface area contributed by atoms with E-state index >= 15 is 0 Å². The maximum Gasteiger partial charge on any atom is 1.00 e. The Kier molecular flexibility index (Phi) is 7.35. The zero-order chi connectivity index (χ0) is 16.5. The fourth-order valence-electron chi connectivity index (χ4n) is 2.42. The standard InChI is InChI=1S/C16H16BF4O.K/c1-10-6-11(2)14(12(3)7-10)9-22-16-8-13(17(19,20)21)4-5-15(16)18;/h4-8H,9H2,1-3H3;/q-1;+1. The van der Waals surface area contributed by atoms with Crippen LogP contribution in [-0.4, -0.2) is 6.98 Å². The van der Waals surface area contributed by atoms with Crippen LogP contribution < -0.4 is 61.6 Å². The minimum atomic E-state index is -5.18. The molecule has 0 amide bonds. The van der Waals surface area contributed by atoms with Crippen LogP contribution in [0.25, 0.3) is 0 Å². The first kappa shape index (κ1) is 20.7. The van der Waals surface area contributed by atoms with Crippen molar-refractivity contribution in [2.75, 3.05) is 0 Å². The van der Waals surface area contributed by atoms with Crippen LogP contribution in [0.1, 0.15) is 22.3 Å². The molecule has 0 heterocycles. The Labute approximate surface area is 175 Å². The van der Waals surface area contributed by atoms with E-state index in [4.69, 9.17) is 4.74 Å². The fraction of sp³-hybridized carbons (Fsp3) is 0.250. The Bertz CT molecular complexity index is 678. The van der Waals surface area contributed by atoms with Gasteiger partial charge in [0.2, 0.25) is 0 Å². The molecule has 2 aromatic rings. The molecule has 1 nitrogen and oxygen atoms in total. The van der Waals surface area contributed by atoms with Crippen molar-refractivity contribution < 1.29 is 73.5 Å². The van der Waals surface area contributed by atoms with Crippen molar-refractivity contribution in [1.29, 1.82) is 0 Å². The number of hydrogen-bond acceptors (Lipinski definition) is 1. The van der Waals surface area contributed by atoms with Gasteiger partial charge in [0, 0.05) is 0 Å². The summed E-state index contributed by atoms with van der Waals surface area (Å²) < 4.78 is 57.1. The summed E-state index contributed by atoms with van der Waals surface area (Å²) in [7, 11) is 0. The number of rotatable bonds is 4. The predicted octanol–water partition coefficient (Wildman–Crippen LogP) is 1.39. The first-order valence-electron chi connectivity index (χ1n) is 6.87. The van der Waals surface area contributed by atoms with Crippen LogP contribution in [0, 0.1) is 26.6 Å². The summed E-state index contributed by atoms with van der Waals surface area (Å²) in [5, 5.41) is 0. The van der Waals surface area contributed by atoms with E-state index in [1.54, 1.807) is 0 Å². The molecule has 0 spiro atoms. The minimum absolute atomic E-state index is 0. The van der Waals surface area contributed by atoms with Crippen LogP contribution in [-0.2, 0) is 6.61 Å². The molecule has 118 valence electrons. The van der Waals surface area contributed by atoms with Crippen molar-refractivity contribution in [2.24, 2.45) is 0 Å². The SMILES string of the molecule is Cc1cc(C)c(COc2cc([B-](F)(F)F)ccc2F)c(C)c1.[K+]. The van der Waals surface area contributed by atoms with E-state index in [1.165, 1.54) is 0 Å². The van der Waals surface area contributed by atoms with Gasteiger partial charge >= 0.3 is 58.4 Å². The molecule has 0 radical (unpaired) electrons. The molecule has 0 atom stereocenters. The quantitative estimate of drug-likeness (QED) is 0.598. The molecule has 0 saturated carbocycles. The van der Waals surface area contributed by atoms with E-state index in [-0.39, 0.29) is 63.7 Å². The smallest absolute Gasteiger partial charge is 0.486 e. The van der Waals surface area contributed by atoms with E-state index in [2.05, 4.69) is 0 Å². The van der Waals surface area contributed by atoms with Gasteiger partial charge in [0.1, 0.15) is 6.61 Å². The van der Waals surface area contributed by atoms with Gasteiger partial charge in [-0.3, -0.25) is 0 Å². The van der Waals surface area contributed by atoms with Crippen molar-refractivity contribution in [2.45, 2.75) is 27.4 Å². The van der Waals surface area contributed by atoms with Gasteiger partial charge in [-0.15, -0.1) is 5.46 Å². The molecular formula is C16H16BF4KO. The predicted molar refractivity (Wildman–Crippen MR) is 80.1 cm³/mol. The third-order valence-corrected chi connectivity index (χ3v) is 3.55. The molecule has 0 bridgehead atoms. The number of benzene rings is 2. The van der Waals surface area contributed by atoms with Crippen molar-refractivity contribution >= 4 is 12.4 Å². The largest absolute Gasteiger partial charge is 1.00 e. The molecule has 2 aromatic carbocycles. The Morgan fingerprint density at radius 1 is 0.957 bits per heavy atom. The summed E-state index contributed by atoms with van der Waals surface area (Å²) in [5.41, 5.74) is 3.01. The van der Waals surface area contributed by atoms with Crippen molar-refractivity contribution in [1.82, 2.24) is 0 Å². The number of hydrogen-bond donors (Lipinski definition) is 0. The van der Waals surface area contributed by atoms with Crippen LogP contribution in [0.3, 0.4) is 0 Å². The summed E-state index contributed by atoms with van der Waals surface area (Å²) in [5.74, 6) is -1.18. The Balaban J connectivity index is 0.00000264. The summed E-state index contributed by atoms with van der Waals surface area (Å²) in [6, 6.07) is 6.14. The van der Waals surface area contributed by atoms with E-state index in [0.717, 1.165) is 34.4 Å². The van der Waals surface area contributed by atoms with Crippen molar-refractivity contribution in [3.63, 3.8) is 0 Å². The maximum absolute atomic E-state index is 13.6. The molecule has 0 unspecified atom stereocenters. The zero-order valence-electron chi connectivity index (χ0n) is 13.6. The molecule has 0 aliphatic carbocycles. The van der Waals surface area contributed by atoms with Crippen LogP contribution in [0.15, 0.2) is 30.3 Å². The van der Waals surface area contributed by atoms with Gasteiger partial charge in [0.25, 0.3) is 0 Å². The van der Waals surface area contributed by atoms with Gasteiger partial charge < -0.3 is 17.7 Å². The van der Waals surface area contributed by atoms with Crippen molar-refractivity contribution in [3.05, 3.63) is 58.4 Å². The second kappa shape index (κ2) is 8.16. The van der Waals surface area contributed by atoms with Gasteiger partial charge in [-0.2, -0.15) is 0 Å². The van der Waals surface area contributed by atoms with Gasteiger partial charge in [-0.1, -0.05) is 23.8 Å². The fourth-order valence-corrected chi connectivity index (χ4v) is 2.42. The molecule has 0 aliphatic rings. The third kappa shape index (κ3) is 5.32. The topological polar surface area (TPSA) is 9.23 Å². The average Bonchev–Trinajstić information content (AvgIpc) is 2.38. The van der Waals surface area contributed by atoms with Crippen LogP contribution in [0.5, 0.6) is 5.75 Å². The van der Waals surface area contributed by atoms with Gasteiger partial charge in [-0.05, 0) is 49.6 Å².